The molecular formula is C9H13N3O5S. The minimum Gasteiger partial charge on any atom is -0.380 e. The van der Waals surface area contributed by atoms with Crippen molar-refractivity contribution in [1.82, 2.24) is 9.71 Å². The van der Waals surface area contributed by atoms with Gasteiger partial charge >= 0.3 is 5.82 Å². The molecule has 0 saturated carbocycles. The molecule has 100 valence electrons. The molecule has 0 bridgehead atoms. The minimum absolute atomic E-state index is 0.107. The molecule has 0 spiro atoms. The highest BCUT2D eigenvalue weighted by molar-refractivity contribution is 7.89. The normalized spacial score (nSPS) is 13.2. The van der Waals surface area contributed by atoms with Crippen LogP contribution in [-0.4, -0.2) is 38.1 Å². The third kappa shape index (κ3) is 3.72. The predicted molar refractivity (Wildman–Crippen MR) is 62.6 cm³/mol. The topological polar surface area (TPSA) is 111 Å². The fourth-order valence-corrected chi connectivity index (χ4v) is 2.09. The van der Waals surface area contributed by atoms with Gasteiger partial charge in [0.15, 0.2) is 6.20 Å². The monoisotopic (exact) mass is 275 g/mol. The van der Waals surface area contributed by atoms with Crippen LogP contribution in [0, 0.1) is 10.1 Å². The molecule has 0 fully saturated rings. The molecule has 8 nitrogen and oxygen atoms in total. The second-order valence-electron chi connectivity index (χ2n) is 3.51. The highest BCUT2D eigenvalue weighted by Gasteiger charge is 2.18. The summed E-state index contributed by atoms with van der Waals surface area (Å²) in [5.41, 5.74) is 0. The molecule has 0 aliphatic heterocycles. The molecule has 1 heterocycles. The summed E-state index contributed by atoms with van der Waals surface area (Å²) in [5.74, 6) is -0.404. The second kappa shape index (κ2) is 5.85. The van der Waals surface area contributed by atoms with E-state index < -0.39 is 20.8 Å². The molecule has 0 aliphatic rings. The van der Waals surface area contributed by atoms with Gasteiger partial charge in [-0.15, -0.1) is 0 Å². The second-order valence-corrected chi connectivity index (χ2v) is 5.27. The van der Waals surface area contributed by atoms with Crippen molar-refractivity contribution >= 4 is 15.8 Å². The van der Waals surface area contributed by atoms with Crippen LogP contribution in [0.25, 0.3) is 0 Å². The predicted octanol–water partition coefficient (Wildman–Crippen LogP) is 0.303. The summed E-state index contributed by atoms with van der Waals surface area (Å²) in [4.78, 5) is 13.0. The lowest BCUT2D eigenvalue weighted by Crippen LogP contribution is -2.31. The SMILES string of the molecule is COC(C)CNS(=O)(=O)c1ccc([N+](=O)[O-])nc1. The first kappa shape index (κ1) is 14.5. The Morgan fingerprint density at radius 2 is 2.22 bits per heavy atom. The number of rotatable bonds is 6. The van der Waals surface area contributed by atoms with Gasteiger partial charge in [-0.2, -0.15) is 0 Å². The van der Waals surface area contributed by atoms with Gasteiger partial charge in [-0.3, -0.25) is 0 Å². The van der Waals surface area contributed by atoms with Crippen molar-refractivity contribution in [2.45, 2.75) is 17.9 Å². The summed E-state index contributed by atoms with van der Waals surface area (Å²) in [6.45, 7) is 1.81. The van der Waals surface area contributed by atoms with E-state index in [4.69, 9.17) is 4.74 Å². The van der Waals surface area contributed by atoms with Crippen molar-refractivity contribution in [1.29, 1.82) is 0 Å². The van der Waals surface area contributed by atoms with Crippen molar-refractivity contribution in [2.75, 3.05) is 13.7 Å². The number of nitrogens with zero attached hydrogens (tertiary/aromatic N) is 2. The standard InChI is InChI=1S/C9H13N3O5S/c1-7(17-2)5-11-18(15,16)8-3-4-9(10-6-8)12(13)14/h3-4,6-7,11H,5H2,1-2H3. The Hall–Kier alpha value is -1.58. The maximum absolute atomic E-state index is 11.8. The summed E-state index contributed by atoms with van der Waals surface area (Å²) >= 11 is 0. The molecule has 0 amide bonds. The van der Waals surface area contributed by atoms with E-state index in [-0.39, 0.29) is 17.5 Å². The Balaban J connectivity index is 2.82. The maximum atomic E-state index is 11.8. The fourth-order valence-electron chi connectivity index (χ4n) is 1.03. The van der Waals surface area contributed by atoms with E-state index in [9.17, 15) is 18.5 Å². The molecule has 18 heavy (non-hydrogen) atoms. The van der Waals surface area contributed by atoms with Gasteiger partial charge in [-0.25, -0.2) is 13.1 Å². The Kier molecular flexibility index (Phi) is 4.70. The summed E-state index contributed by atoms with van der Waals surface area (Å²) in [6.07, 6.45) is 0.670. The van der Waals surface area contributed by atoms with Gasteiger partial charge in [0, 0.05) is 19.7 Å². The largest absolute Gasteiger partial charge is 0.380 e. The zero-order valence-electron chi connectivity index (χ0n) is 9.86. The number of hydrogen-bond donors (Lipinski definition) is 1. The first-order valence-electron chi connectivity index (χ1n) is 4.99. The van der Waals surface area contributed by atoms with Crippen molar-refractivity contribution in [2.24, 2.45) is 0 Å². The van der Waals surface area contributed by atoms with Crippen LogP contribution in [0.3, 0.4) is 0 Å². The number of nitrogens with one attached hydrogen (secondary N) is 1. The summed E-state index contributed by atoms with van der Waals surface area (Å²) < 4.78 is 30.7. The fraction of sp³-hybridized carbons (Fsp3) is 0.444. The van der Waals surface area contributed by atoms with Crippen LogP contribution in [0.5, 0.6) is 0 Å². The van der Waals surface area contributed by atoms with Crippen LogP contribution in [0.2, 0.25) is 0 Å². The van der Waals surface area contributed by atoms with Crippen molar-refractivity contribution < 1.29 is 18.1 Å². The molecule has 1 atom stereocenters. The molecular weight excluding hydrogens is 262 g/mol. The maximum Gasteiger partial charge on any atom is 0.363 e. The molecule has 0 aromatic carbocycles. The Bertz CT molecular complexity index is 514. The van der Waals surface area contributed by atoms with Crippen LogP contribution in [0.15, 0.2) is 23.2 Å². The van der Waals surface area contributed by atoms with Gasteiger partial charge in [0.05, 0.1) is 6.10 Å². The minimum atomic E-state index is -3.72. The van der Waals surface area contributed by atoms with Crippen LogP contribution >= 0.6 is 0 Å². The zero-order chi connectivity index (χ0) is 13.8. The molecule has 9 heteroatoms. The van der Waals surface area contributed by atoms with Crippen LogP contribution in [0.4, 0.5) is 5.82 Å². The van der Waals surface area contributed by atoms with Crippen molar-refractivity contribution in [3.05, 3.63) is 28.4 Å². The quantitative estimate of drug-likeness (QED) is 0.590. The molecule has 1 N–H and O–H groups in total. The van der Waals surface area contributed by atoms with E-state index in [0.717, 1.165) is 18.3 Å². The van der Waals surface area contributed by atoms with Gasteiger partial charge in [-0.1, -0.05) is 0 Å². The third-order valence-corrected chi connectivity index (χ3v) is 3.59. The highest BCUT2D eigenvalue weighted by atomic mass is 32.2. The van der Waals surface area contributed by atoms with Crippen LogP contribution in [-0.2, 0) is 14.8 Å². The number of ether oxygens (including phenoxy) is 1. The lowest BCUT2D eigenvalue weighted by Gasteiger charge is -2.10. The van der Waals surface area contributed by atoms with Crippen molar-refractivity contribution in [3.63, 3.8) is 0 Å². The molecule has 0 aliphatic carbocycles. The molecule has 0 radical (unpaired) electrons. The average Bonchev–Trinajstić information content (AvgIpc) is 2.36. The number of pyridine rings is 1. The lowest BCUT2D eigenvalue weighted by atomic mass is 10.4. The van der Waals surface area contributed by atoms with E-state index in [1.165, 1.54) is 7.11 Å². The Morgan fingerprint density at radius 3 is 2.67 bits per heavy atom. The number of hydrogen-bond acceptors (Lipinski definition) is 6. The average molecular weight is 275 g/mol. The van der Waals surface area contributed by atoms with Gasteiger partial charge in [0.1, 0.15) is 4.90 Å². The van der Waals surface area contributed by atoms with E-state index >= 15 is 0 Å². The van der Waals surface area contributed by atoms with E-state index in [2.05, 4.69) is 9.71 Å². The van der Waals surface area contributed by atoms with Crippen LogP contribution in [0.1, 0.15) is 6.92 Å². The Labute approximate surface area is 104 Å². The summed E-state index contributed by atoms with van der Waals surface area (Å²) in [6, 6.07) is 2.17. The number of methoxy groups -OCH3 is 1. The first-order valence-corrected chi connectivity index (χ1v) is 6.48. The lowest BCUT2D eigenvalue weighted by molar-refractivity contribution is -0.389. The smallest absolute Gasteiger partial charge is 0.363 e. The summed E-state index contributed by atoms with van der Waals surface area (Å²) in [7, 11) is -2.26. The third-order valence-electron chi connectivity index (χ3n) is 2.18. The van der Waals surface area contributed by atoms with E-state index in [0.29, 0.717) is 0 Å². The van der Waals surface area contributed by atoms with Gasteiger partial charge in [0.25, 0.3) is 0 Å². The van der Waals surface area contributed by atoms with Gasteiger partial charge in [-0.05, 0) is 22.9 Å². The molecule has 1 aromatic heterocycles. The summed E-state index contributed by atoms with van der Waals surface area (Å²) in [5, 5.41) is 10.4. The van der Waals surface area contributed by atoms with E-state index in [1.807, 2.05) is 0 Å². The highest BCUT2D eigenvalue weighted by Crippen LogP contribution is 2.11. The first-order chi connectivity index (χ1) is 8.36. The molecule has 1 aromatic rings. The van der Waals surface area contributed by atoms with Gasteiger partial charge in [0.2, 0.25) is 10.0 Å². The van der Waals surface area contributed by atoms with Crippen LogP contribution < -0.4 is 4.72 Å². The Morgan fingerprint density at radius 1 is 1.56 bits per heavy atom. The number of aromatic nitrogens is 1. The van der Waals surface area contributed by atoms with E-state index in [1.54, 1.807) is 6.92 Å². The van der Waals surface area contributed by atoms with Crippen molar-refractivity contribution in [3.8, 4) is 0 Å². The molecule has 1 unspecified atom stereocenters. The number of nitro groups is 1. The van der Waals surface area contributed by atoms with Gasteiger partial charge < -0.3 is 14.9 Å². The molecule has 0 saturated heterocycles. The molecule has 1 rings (SSSR count). The number of sulfonamides is 1. The zero-order valence-corrected chi connectivity index (χ0v) is 10.7.